The first-order chi connectivity index (χ1) is 7.42. The molecule has 0 saturated heterocycles. The van der Waals surface area contributed by atoms with Gasteiger partial charge in [0.25, 0.3) is 5.92 Å². The summed E-state index contributed by atoms with van der Waals surface area (Å²) >= 11 is 0. The highest BCUT2D eigenvalue weighted by Crippen LogP contribution is 2.32. The Morgan fingerprint density at radius 1 is 1.62 bits per heavy atom. The Hall–Kier alpha value is -1.45. The lowest BCUT2D eigenvalue weighted by molar-refractivity contribution is -0.00591. The van der Waals surface area contributed by atoms with Gasteiger partial charge >= 0.3 is 0 Å². The lowest BCUT2D eigenvalue weighted by atomic mass is 10.1. The van der Waals surface area contributed by atoms with Gasteiger partial charge in [0.1, 0.15) is 5.69 Å². The van der Waals surface area contributed by atoms with Crippen LogP contribution in [0.15, 0.2) is 24.8 Å². The Labute approximate surface area is 94.3 Å². The van der Waals surface area contributed by atoms with Crippen molar-refractivity contribution < 1.29 is 8.78 Å². The molecule has 1 heterocycles. The molecule has 0 aromatic carbocycles. The average molecular weight is 226 g/mol. The number of aromatic nitrogens is 2. The molecule has 88 valence electrons. The molecule has 0 amide bonds. The van der Waals surface area contributed by atoms with Gasteiger partial charge in [0.05, 0.1) is 5.69 Å². The van der Waals surface area contributed by atoms with Crippen molar-refractivity contribution in [3.05, 3.63) is 36.2 Å². The first kappa shape index (κ1) is 12.6. The molecule has 1 aromatic rings. The van der Waals surface area contributed by atoms with Crippen molar-refractivity contribution in [3.8, 4) is 0 Å². The predicted octanol–water partition coefficient (Wildman–Crippen LogP) is 3.51. The van der Waals surface area contributed by atoms with Crippen LogP contribution in [0.1, 0.15) is 31.7 Å². The zero-order valence-corrected chi connectivity index (χ0v) is 9.80. The maximum Gasteiger partial charge on any atom is 0.294 e. The molecule has 0 aliphatic rings. The maximum absolute atomic E-state index is 13.6. The van der Waals surface area contributed by atoms with Crippen LogP contribution in [0.5, 0.6) is 0 Å². The van der Waals surface area contributed by atoms with Crippen molar-refractivity contribution in [1.82, 2.24) is 9.78 Å². The minimum atomic E-state index is -2.94. The van der Waals surface area contributed by atoms with E-state index < -0.39 is 12.3 Å². The number of aryl methyl sites for hydroxylation is 1. The van der Waals surface area contributed by atoms with Crippen LogP contribution >= 0.6 is 0 Å². The minimum Gasteiger partial charge on any atom is -0.268 e. The zero-order chi connectivity index (χ0) is 12.3. The molecule has 0 atom stereocenters. The van der Waals surface area contributed by atoms with Crippen molar-refractivity contribution in [1.29, 1.82) is 0 Å². The van der Waals surface area contributed by atoms with Crippen LogP contribution in [0.25, 0.3) is 5.57 Å². The molecule has 16 heavy (non-hydrogen) atoms. The summed E-state index contributed by atoms with van der Waals surface area (Å²) < 4.78 is 28.6. The van der Waals surface area contributed by atoms with Gasteiger partial charge in [0, 0.05) is 13.5 Å². The summed E-state index contributed by atoms with van der Waals surface area (Å²) in [5, 5.41) is 3.85. The van der Waals surface area contributed by atoms with Crippen LogP contribution in [-0.4, -0.2) is 9.78 Å². The van der Waals surface area contributed by atoms with Crippen molar-refractivity contribution >= 4 is 5.57 Å². The first-order valence-electron chi connectivity index (χ1n) is 5.09. The summed E-state index contributed by atoms with van der Waals surface area (Å²) in [5.74, 6) is -2.94. The van der Waals surface area contributed by atoms with E-state index in [4.69, 9.17) is 0 Å². The second-order valence-corrected chi connectivity index (χ2v) is 3.71. The molecule has 0 bridgehead atoms. The monoisotopic (exact) mass is 226 g/mol. The van der Waals surface area contributed by atoms with E-state index >= 15 is 0 Å². The second-order valence-electron chi connectivity index (χ2n) is 3.71. The fourth-order valence-corrected chi connectivity index (χ4v) is 1.45. The molecule has 0 N–H and O–H groups in total. The fraction of sp³-hybridized carbons (Fsp3) is 0.417. The van der Waals surface area contributed by atoms with Crippen LogP contribution in [0.4, 0.5) is 8.78 Å². The van der Waals surface area contributed by atoms with Gasteiger partial charge in [-0.05, 0) is 25.5 Å². The number of hydrogen-bond donors (Lipinski definition) is 0. The van der Waals surface area contributed by atoms with Gasteiger partial charge in [0.2, 0.25) is 0 Å². The second kappa shape index (κ2) is 4.60. The highest BCUT2D eigenvalue weighted by atomic mass is 19.3. The summed E-state index contributed by atoms with van der Waals surface area (Å²) in [6.07, 6.45) is 2.68. The van der Waals surface area contributed by atoms with E-state index in [0.717, 1.165) is 5.57 Å². The topological polar surface area (TPSA) is 17.8 Å². The van der Waals surface area contributed by atoms with Gasteiger partial charge in [0.15, 0.2) is 0 Å². The third kappa shape index (κ3) is 2.38. The van der Waals surface area contributed by atoms with Gasteiger partial charge < -0.3 is 0 Å². The molecule has 2 nitrogen and oxygen atoms in total. The van der Waals surface area contributed by atoms with Crippen LogP contribution in [0.3, 0.4) is 0 Å². The lowest BCUT2D eigenvalue weighted by Gasteiger charge is -2.09. The third-order valence-electron chi connectivity index (χ3n) is 2.49. The molecular weight excluding hydrogens is 210 g/mol. The largest absolute Gasteiger partial charge is 0.294 e. The summed E-state index contributed by atoms with van der Waals surface area (Å²) in [6, 6.07) is 1.43. The number of alkyl halides is 2. The Bertz CT molecular complexity index is 417. The predicted molar refractivity (Wildman–Crippen MR) is 61.2 cm³/mol. The summed E-state index contributed by atoms with van der Waals surface area (Å²) in [4.78, 5) is 0. The van der Waals surface area contributed by atoms with Gasteiger partial charge in [-0.3, -0.25) is 4.68 Å². The quantitative estimate of drug-likeness (QED) is 0.718. The van der Waals surface area contributed by atoms with Crippen LogP contribution < -0.4 is 0 Å². The van der Waals surface area contributed by atoms with Gasteiger partial charge in [-0.2, -0.15) is 13.9 Å². The van der Waals surface area contributed by atoms with Crippen molar-refractivity contribution in [2.75, 3.05) is 0 Å². The molecule has 0 aliphatic heterocycles. The van der Waals surface area contributed by atoms with Crippen LogP contribution in [0.2, 0.25) is 0 Å². The number of rotatable bonds is 4. The number of nitrogens with zero attached hydrogens (tertiary/aromatic N) is 2. The summed E-state index contributed by atoms with van der Waals surface area (Å²) in [7, 11) is 1.66. The number of allylic oxidation sites excluding steroid dienone is 3. The molecular formula is C12H16F2N2. The van der Waals surface area contributed by atoms with Crippen LogP contribution in [0, 0.1) is 0 Å². The molecule has 4 heteroatoms. The Kier molecular flexibility index (Phi) is 3.62. The van der Waals surface area contributed by atoms with E-state index in [0.29, 0.717) is 5.69 Å². The van der Waals surface area contributed by atoms with E-state index in [1.54, 1.807) is 7.05 Å². The minimum absolute atomic E-state index is 0.203. The number of halogens is 2. The average Bonchev–Trinajstić information content (AvgIpc) is 2.60. The van der Waals surface area contributed by atoms with Gasteiger partial charge in [-0.25, -0.2) is 0 Å². The Morgan fingerprint density at radius 2 is 2.25 bits per heavy atom. The molecule has 0 unspecified atom stereocenters. The molecule has 0 fully saturated rings. The van der Waals surface area contributed by atoms with E-state index in [2.05, 4.69) is 11.7 Å². The third-order valence-corrected chi connectivity index (χ3v) is 2.49. The summed E-state index contributed by atoms with van der Waals surface area (Å²) in [6.45, 7) is 7.06. The summed E-state index contributed by atoms with van der Waals surface area (Å²) in [5.41, 5.74) is 1.43. The molecule has 1 aromatic heterocycles. The normalized spacial score (nSPS) is 12.9. The van der Waals surface area contributed by atoms with Crippen molar-refractivity contribution in [2.45, 2.75) is 26.2 Å². The van der Waals surface area contributed by atoms with Gasteiger partial charge in [-0.15, -0.1) is 6.58 Å². The van der Waals surface area contributed by atoms with E-state index in [9.17, 15) is 8.78 Å². The standard InChI is InChI=1S/C12H16F2N2/c1-5-7-12(13,14)11-8-10(9(3)6-2)16(4)15-11/h5-6,8H,1,7H2,2-4H3. The van der Waals surface area contributed by atoms with Crippen LogP contribution in [-0.2, 0) is 13.0 Å². The highest BCUT2D eigenvalue weighted by Gasteiger charge is 2.33. The SMILES string of the molecule is C=CCC(F)(F)c1cc(C(C)=CC)n(C)n1. The lowest BCUT2D eigenvalue weighted by Crippen LogP contribution is -2.13. The Morgan fingerprint density at radius 3 is 2.75 bits per heavy atom. The first-order valence-corrected chi connectivity index (χ1v) is 5.09. The van der Waals surface area contributed by atoms with E-state index in [1.807, 2.05) is 19.9 Å². The number of hydrogen-bond acceptors (Lipinski definition) is 1. The fourth-order valence-electron chi connectivity index (χ4n) is 1.45. The molecule has 0 saturated carbocycles. The van der Waals surface area contributed by atoms with Gasteiger partial charge in [-0.1, -0.05) is 12.2 Å². The van der Waals surface area contributed by atoms with E-state index in [-0.39, 0.29) is 5.69 Å². The van der Waals surface area contributed by atoms with Crippen molar-refractivity contribution in [3.63, 3.8) is 0 Å². The Balaban J connectivity index is 3.14. The molecule has 0 aliphatic carbocycles. The van der Waals surface area contributed by atoms with Crippen molar-refractivity contribution in [2.24, 2.45) is 7.05 Å². The molecule has 1 rings (SSSR count). The molecule has 0 spiro atoms. The maximum atomic E-state index is 13.6. The van der Waals surface area contributed by atoms with E-state index in [1.165, 1.54) is 16.8 Å². The molecule has 0 radical (unpaired) electrons. The smallest absolute Gasteiger partial charge is 0.268 e. The highest BCUT2D eigenvalue weighted by molar-refractivity contribution is 5.60. The zero-order valence-electron chi connectivity index (χ0n) is 9.80.